The summed E-state index contributed by atoms with van der Waals surface area (Å²) in [5.41, 5.74) is 1.38. The first-order chi connectivity index (χ1) is 9.61. The van der Waals surface area contributed by atoms with E-state index in [1.807, 2.05) is 11.3 Å². The molecule has 1 aromatic rings. The van der Waals surface area contributed by atoms with E-state index in [2.05, 4.69) is 38.0 Å². The minimum Gasteiger partial charge on any atom is -0.351 e. The second-order valence-electron chi connectivity index (χ2n) is 6.38. The van der Waals surface area contributed by atoms with Gasteiger partial charge in [-0.1, -0.05) is 27.2 Å². The molecule has 1 aliphatic carbocycles. The summed E-state index contributed by atoms with van der Waals surface area (Å²) < 4.78 is 0. The molecule has 1 aromatic heterocycles. The van der Waals surface area contributed by atoms with Crippen molar-refractivity contribution in [3.05, 3.63) is 10.6 Å². The van der Waals surface area contributed by atoms with Crippen molar-refractivity contribution in [3.63, 3.8) is 0 Å². The Balaban J connectivity index is 1.99. The van der Waals surface area contributed by atoms with Crippen molar-refractivity contribution in [1.29, 1.82) is 0 Å². The Morgan fingerprint density at radius 2 is 2.15 bits per heavy atom. The molecule has 0 bridgehead atoms. The number of unbranched alkanes of at least 4 members (excludes halogenated alkanes) is 1. The number of hydrogen-bond donors (Lipinski definition) is 1. The van der Waals surface area contributed by atoms with Gasteiger partial charge in [-0.25, -0.2) is 4.98 Å². The lowest BCUT2D eigenvalue weighted by atomic mass is 10.2. The fraction of sp³-hybridized carbons (Fsp3) is 0.812. The van der Waals surface area contributed by atoms with Gasteiger partial charge in [-0.2, -0.15) is 0 Å². The van der Waals surface area contributed by atoms with E-state index in [0.717, 1.165) is 25.6 Å². The number of nitrogens with zero attached hydrogens (tertiary/aromatic N) is 2. The first-order valence-corrected chi connectivity index (χ1v) is 8.84. The van der Waals surface area contributed by atoms with E-state index < -0.39 is 0 Å². The molecule has 20 heavy (non-hydrogen) atoms. The van der Waals surface area contributed by atoms with Gasteiger partial charge in [0.05, 0.1) is 5.69 Å². The molecule has 3 nitrogen and oxygen atoms in total. The van der Waals surface area contributed by atoms with Gasteiger partial charge in [-0.3, -0.25) is 0 Å². The molecule has 1 fully saturated rings. The normalized spacial score (nSPS) is 15.1. The number of anilines is 1. The monoisotopic (exact) mass is 295 g/mol. The lowest BCUT2D eigenvalue weighted by molar-refractivity contribution is 0.553. The highest BCUT2D eigenvalue weighted by molar-refractivity contribution is 7.15. The van der Waals surface area contributed by atoms with Gasteiger partial charge in [0.1, 0.15) is 0 Å². The van der Waals surface area contributed by atoms with Gasteiger partial charge in [0, 0.05) is 30.9 Å². The molecule has 0 spiro atoms. The minimum atomic E-state index is 0.707. The van der Waals surface area contributed by atoms with Crippen LogP contribution in [0.15, 0.2) is 0 Å². The van der Waals surface area contributed by atoms with Gasteiger partial charge >= 0.3 is 0 Å². The molecule has 1 heterocycles. The van der Waals surface area contributed by atoms with Gasteiger partial charge in [0.25, 0.3) is 0 Å². The molecule has 4 heteroatoms. The predicted molar refractivity (Wildman–Crippen MR) is 88.8 cm³/mol. The first-order valence-electron chi connectivity index (χ1n) is 8.03. The maximum atomic E-state index is 4.93. The van der Waals surface area contributed by atoms with Crippen molar-refractivity contribution >= 4 is 16.5 Å². The number of nitrogens with one attached hydrogen (secondary N) is 1. The maximum Gasteiger partial charge on any atom is 0.185 e. The summed E-state index contributed by atoms with van der Waals surface area (Å²) in [6, 6.07) is 0. The largest absolute Gasteiger partial charge is 0.351 e. The quantitative estimate of drug-likeness (QED) is 0.746. The smallest absolute Gasteiger partial charge is 0.185 e. The van der Waals surface area contributed by atoms with E-state index in [9.17, 15) is 0 Å². The summed E-state index contributed by atoms with van der Waals surface area (Å²) in [7, 11) is 2.18. The molecular weight excluding hydrogens is 266 g/mol. The lowest BCUT2D eigenvalue weighted by Gasteiger charge is -2.14. The number of aromatic nitrogens is 1. The molecule has 0 unspecified atom stereocenters. The van der Waals surface area contributed by atoms with Crippen molar-refractivity contribution in [1.82, 2.24) is 10.3 Å². The minimum absolute atomic E-state index is 0.707. The Morgan fingerprint density at radius 1 is 1.40 bits per heavy atom. The Hall–Kier alpha value is -0.610. The number of thiazole rings is 1. The third-order valence-electron chi connectivity index (χ3n) is 3.69. The average Bonchev–Trinajstić information content (AvgIpc) is 3.17. The van der Waals surface area contributed by atoms with E-state index in [1.54, 1.807) is 0 Å². The van der Waals surface area contributed by atoms with Crippen LogP contribution in [0.3, 0.4) is 0 Å². The average molecular weight is 295 g/mol. The molecule has 0 aliphatic heterocycles. The summed E-state index contributed by atoms with van der Waals surface area (Å²) in [6.07, 6.45) is 5.15. The molecule has 0 aromatic carbocycles. The molecule has 2 rings (SSSR count). The Kier molecular flexibility index (Phi) is 5.85. The van der Waals surface area contributed by atoms with E-state index in [1.165, 1.54) is 41.4 Å². The standard InChI is InChI=1S/C16H29N3S/c1-5-6-9-19(4)16-18-15(13-7-8-13)14(20-16)11-17-10-12(2)3/h12-13,17H,5-11H2,1-4H3. The van der Waals surface area contributed by atoms with Gasteiger partial charge in [-0.15, -0.1) is 11.3 Å². The second kappa shape index (κ2) is 7.41. The molecule has 1 aliphatic rings. The van der Waals surface area contributed by atoms with Crippen molar-refractivity contribution in [2.45, 2.75) is 58.9 Å². The SMILES string of the molecule is CCCCN(C)c1nc(C2CC2)c(CNCC(C)C)s1. The van der Waals surface area contributed by atoms with Crippen molar-refractivity contribution in [2.75, 3.05) is 25.0 Å². The molecule has 0 saturated heterocycles. The van der Waals surface area contributed by atoms with Crippen LogP contribution in [0.5, 0.6) is 0 Å². The summed E-state index contributed by atoms with van der Waals surface area (Å²) in [6.45, 7) is 9.95. The Morgan fingerprint density at radius 3 is 2.75 bits per heavy atom. The van der Waals surface area contributed by atoms with Gasteiger partial charge in [-0.05, 0) is 31.7 Å². The van der Waals surface area contributed by atoms with Gasteiger partial charge < -0.3 is 10.2 Å². The Labute approximate surface area is 127 Å². The predicted octanol–water partition coefficient (Wildman–Crippen LogP) is 4.00. The van der Waals surface area contributed by atoms with Crippen LogP contribution in [0.4, 0.5) is 5.13 Å². The van der Waals surface area contributed by atoms with Gasteiger partial charge in [0.15, 0.2) is 5.13 Å². The highest BCUT2D eigenvalue weighted by atomic mass is 32.1. The first kappa shape index (κ1) is 15.8. The number of rotatable bonds is 9. The summed E-state index contributed by atoms with van der Waals surface area (Å²) >= 11 is 1.89. The zero-order chi connectivity index (χ0) is 14.5. The zero-order valence-corrected chi connectivity index (χ0v) is 14.2. The summed E-state index contributed by atoms with van der Waals surface area (Å²) in [5, 5.41) is 4.78. The van der Waals surface area contributed by atoms with Crippen LogP contribution in [0.1, 0.15) is 62.9 Å². The number of hydrogen-bond acceptors (Lipinski definition) is 4. The van der Waals surface area contributed by atoms with Crippen LogP contribution in [-0.2, 0) is 6.54 Å². The van der Waals surface area contributed by atoms with Crippen LogP contribution in [0, 0.1) is 5.92 Å². The maximum absolute atomic E-state index is 4.93. The van der Waals surface area contributed by atoms with Crippen LogP contribution in [0.2, 0.25) is 0 Å². The van der Waals surface area contributed by atoms with Crippen molar-refractivity contribution < 1.29 is 0 Å². The van der Waals surface area contributed by atoms with Crippen LogP contribution in [-0.4, -0.2) is 25.1 Å². The molecule has 0 atom stereocenters. The highest BCUT2D eigenvalue weighted by Gasteiger charge is 2.30. The lowest BCUT2D eigenvalue weighted by Crippen LogP contribution is -2.19. The van der Waals surface area contributed by atoms with E-state index in [-0.39, 0.29) is 0 Å². The van der Waals surface area contributed by atoms with Crippen LogP contribution >= 0.6 is 11.3 Å². The fourth-order valence-electron chi connectivity index (χ4n) is 2.28. The topological polar surface area (TPSA) is 28.2 Å². The molecule has 1 saturated carbocycles. The third-order valence-corrected chi connectivity index (χ3v) is 4.88. The summed E-state index contributed by atoms with van der Waals surface area (Å²) in [5.74, 6) is 1.45. The molecule has 0 amide bonds. The zero-order valence-electron chi connectivity index (χ0n) is 13.4. The third kappa shape index (κ3) is 4.45. The van der Waals surface area contributed by atoms with Crippen LogP contribution in [0.25, 0.3) is 0 Å². The fourth-order valence-corrected chi connectivity index (χ4v) is 3.38. The highest BCUT2D eigenvalue weighted by Crippen LogP contribution is 2.44. The molecule has 114 valence electrons. The van der Waals surface area contributed by atoms with Crippen molar-refractivity contribution in [2.24, 2.45) is 5.92 Å². The van der Waals surface area contributed by atoms with Gasteiger partial charge in [0.2, 0.25) is 0 Å². The van der Waals surface area contributed by atoms with Crippen molar-refractivity contribution in [3.8, 4) is 0 Å². The molecule has 1 N–H and O–H groups in total. The summed E-state index contributed by atoms with van der Waals surface area (Å²) in [4.78, 5) is 8.72. The molecule has 0 radical (unpaired) electrons. The second-order valence-corrected chi connectivity index (χ2v) is 7.44. The van der Waals surface area contributed by atoms with E-state index in [0.29, 0.717) is 5.92 Å². The van der Waals surface area contributed by atoms with E-state index in [4.69, 9.17) is 4.98 Å². The molecular formula is C16H29N3S. The van der Waals surface area contributed by atoms with E-state index >= 15 is 0 Å². The van der Waals surface area contributed by atoms with Crippen LogP contribution < -0.4 is 10.2 Å². The Bertz CT molecular complexity index is 410.